The van der Waals surface area contributed by atoms with E-state index in [0.29, 0.717) is 11.6 Å². The van der Waals surface area contributed by atoms with Gasteiger partial charge in [0, 0.05) is 23.4 Å². The van der Waals surface area contributed by atoms with Crippen molar-refractivity contribution in [1.29, 1.82) is 0 Å². The molecule has 0 aliphatic rings. The van der Waals surface area contributed by atoms with Crippen LogP contribution in [-0.4, -0.2) is 15.0 Å². The molecule has 0 amide bonds. The minimum atomic E-state index is 0.654. The Morgan fingerprint density at radius 2 is 1.69 bits per heavy atom. The van der Waals surface area contributed by atoms with E-state index in [4.69, 9.17) is 9.40 Å². The summed E-state index contributed by atoms with van der Waals surface area (Å²) in [4.78, 5) is 12.7. The molecule has 130 valence electrons. The summed E-state index contributed by atoms with van der Waals surface area (Å²) >= 11 is 1.64. The maximum absolute atomic E-state index is 5.59. The van der Waals surface area contributed by atoms with Crippen molar-refractivity contribution in [2.45, 2.75) is 24.3 Å². The van der Waals surface area contributed by atoms with Crippen LogP contribution in [0.4, 0.5) is 0 Å². The third-order valence-corrected chi connectivity index (χ3v) is 5.01. The Morgan fingerprint density at radius 1 is 0.962 bits per heavy atom. The van der Waals surface area contributed by atoms with E-state index in [-0.39, 0.29) is 0 Å². The normalized spacial score (nSPS) is 11.0. The van der Waals surface area contributed by atoms with Crippen LogP contribution in [0, 0.1) is 6.92 Å². The lowest BCUT2D eigenvalue weighted by atomic mass is 10.1. The molecule has 26 heavy (non-hydrogen) atoms. The molecule has 0 radical (unpaired) electrons. The monoisotopic (exact) mass is 361 g/mol. The molecule has 0 saturated heterocycles. The van der Waals surface area contributed by atoms with E-state index in [1.807, 2.05) is 36.4 Å². The molecule has 2 heterocycles. The van der Waals surface area contributed by atoms with E-state index in [0.717, 1.165) is 34.2 Å². The Morgan fingerprint density at radius 3 is 2.46 bits per heavy atom. The fourth-order valence-corrected chi connectivity index (χ4v) is 3.54. The van der Waals surface area contributed by atoms with Crippen molar-refractivity contribution in [1.82, 2.24) is 15.0 Å². The molecule has 5 heteroatoms. The first-order valence-electron chi connectivity index (χ1n) is 8.50. The van der Waals surface area contributed by atoms with Crippen molar-refractivity contribution in [2.75, 3.05) is 0 Å². The average molecular weight is 361 g/mol. The second-order valence-corrected chi connectivity index (χ2v) is 7.04. The molecule has 0 aliphatic heterocycles. The van der Waals surface area contributed by atoms with Gasteiger partial charge in [0.05, 0.1) is 11.4 Å². The van der Waals surface area contributed by atoms with E-state index in [1.54, 1.807) is 18.0 Å². The quantitative estimate of drug-likeness (QED) is 0.476. The number of oxazole rings is 1. The molecule has 0 unspecified atom stereocenters. The van der Waals surface area contributed by atoms with E-state index in [2.05, 4.69) is 41.2 Å². The average Bonchev–Trinajstić information content (AvgIpc) is 3.29. The van der Waals surface area contributed by atoms with Crippen LogP contribution >= 0.6 is 11.8 Å². The number of aromatic nitrogens is 3. The summed E-state index contributed by atoms with van der Waals surface area (Å²) in [5, 5.41) is 0.915. The van der Waals surface area contributed by atoms with Gasteiger partial charge in [0.25, 0.3) is 0 Å². The smallest absolute Gasteiger partial charge is 0.226 e. The number of imidazole rings is 1. The summed E-state index contributed by atoms with van der Waals surface area (Å²) in [6.45, 7) is 2.07. The lowest BCUT2D eigenvalue weighted by molar-refractivity contribution is 0.573. The van der Waals surface area contributed by atoms with Crippen molar-refractivity contribution in [2.24, 2.45) is 0 Å². The summed E-state index contributed by atoms with van der Waals surface area (Å²) in [5.74, 6) is 1.37. The Balaban J connectivity index is 1.41. The summed E-state index contributed by atoms with van der Waals surface area (Å²) in [7, 11) is 0. The molecule has 1 N–H and O–H groups in total. The lowest BCUT2D eigenvalue weighted by Crippen LogP contribution is -1.90. The molecular formula is C21H19N3OS. The number of hydrogen-bond acceptors (Lipinski definition) is 4. The van der Waals surface area contributed by atoms with Crippen LogP contribution in [0.2, 0.25) is 0 Å². The second kappa shape index (κ2) is 7.62. The van der Waals surface area contributed by atoms with E-state index >= 15 is 0 Å². The molecule has 0 spiro atoms. The molecule has 2 aromatic carbocycles. The van der Waals surface area contributed by atoms with Gasteiger partial charge < -0.3 is 9.40 Å². The predicted octanol–water partition coefficient (Wildman–Crippen LogP) is 5.26. The van der Waals surface area contributed by atoms with E-state index in [9.17, 15) is 0 Å². The summed E-state index contributed by atoms with van der Waals surface area (Å²) < 4.78 is 5.59. The van der Waals surface area contributed by atoms with Crippen molar-refractivity contribution in [3.8, 4) is 11.5 Å². The van der Waals surface area contributed by atoms with Crippen LogP contribution in [0.25, 0.3) is 11.5 Å². The van der Waals surface area contributed by atoms with Crippen LogP contribution in [0.3, 0.4) is 0 Å². The Bertz CT molecular complexity index is 977. The first-order valence-corrected chi connectivity index (χ1v) is 9.48. The van der Waals surface area contributed by atoms with Gasteiger partial charge >= 0.3 is 0 Å². The number of benzene rings is 2. The van der Waals surface area contributed by atoms with Crippen LogP contribution in [0.15, 0.2) is 76.5 Å². The van der Waals surface area contributed by atoms with Gasteiger partial charge in [-0.3, -0.25) is 0 Å². The molecule has 0 saturated carbocycles. The molecule has 4 nitrogen and oxygen atoms in total. The highest BCUT2D eigenvalue weighted by Crippen LogP contribution is 2.24. The predicted molar refractivity (Wildman–Crippen MR) is 104 cm³/mol. The van der Waals surface area contributed by atoms with Crippen molar-refractivity contribution in [3.05, 3.63) is 89.6 Å². The topological polar surface area (TPSA) is 54.7 Å². The number of nitrogens with zero attached hydrogens (tertiary/aromatic N) is 2. The van der Waals surface area contributed by atoms with Crippen LogP contribution < -0.4 is 0 Å². The molecule has 0 atom stereocenters. The number of rotatable bonds is 6. The number of hydrogen-bond donors (Lipinski definition) is 1. The summed E-state index contributed by atoms with van der Waals surface area (Å²) in [5.41, 5.74) is 5.36. The van der Waals surface area contributed by atoms with Gasteiger partial charge in [-0.2, -0.15) is 0 Å². The first kappa shape index (κ1) is 16.7. The molecule has 0 fully saturated rings. The highest BCUT2D eigenvalue weighted by Gasteiger charge is 2.11. The molecule has 4 rings (SSSR count). The maximum atomic E-state index is 5.59. The Hall–Kier alpha value is -2.79. The third kappa shape index (κ3) is 3.89. The highest BCUT2D eigenvalue weighted by atomic mass is 32.2. The van der Waals surface area contributed by atoms with Gasteiger partial charge in [0.15, 0.2) is 5.16 Å². The Kier molecular flexibility index (Phi) is 4.88. The molecule has 0 bridgehead atoms. The zero-order valence-corrected chi connectivity index (χ0v) is 15.3. The summed E-state index contributed by atoms with van der Waals surface area (Å²) in [6, 6.07) is 20.3. The molecule has 0 aliphatic carbocycles. The minimum absolute atomic E-state index is 0.654. The van der Waals surface area contributed by atoms with Crippen LogP contribution in [-0.2, 0) is 12.2 Å². The lowest BCUT2D eigenvalue weighted by Gasteiger charge is -1.98. The number of aryl methyl sites for hydroxylation is 1. The zero-order chi connectivity index (χ0) is 17.8. The first-order chi connectivity index (χ1) is 12.8. The third-order valence-electron chi connectivity index (χ3n) is 4.11. The van der Waals surface area contributed by atoms with Gasteiger partial charge in [0.1, 0.15) is 6.26 Å². The number of nitrogens with one attached hydrogen (secondary N) is 1. The van der Waals surface area contributed by atoms with Gasteiger partial charge in [0.2, 0.25) is 5.89 Å². The minimum Gasteiger partial charge on any atom is -0.444 e. The van der Waals surface area contributed by atoms with Gasteiger partial charge in [-0.05, 0) is 24.6 Å². The highest BCUT2D eigenvalue weighted by molar-refractivity contribution is 7.98. The maximum Gasteiger partial charge on any atom is 0.226 e. The van der Waals surface area contributed by atoms with E-state index < -0.39 is 0 Å². The van der Waals surface area contributed by atoms with Crippen LogP contribution in [0.5, 0.6) is 0 Å². The second-order valence-electron chi connectivity index (χ2n) is 6.07. The molecule has 2 aromatic heterocycles. The van der Waals surface area contributed by atoms with E-state index in [1.165, 1.54) is 5.56 Å². The number of H-pyrrole nitrogens is 1. The summed E-state index contributed by atoms with van der Waals surface area (Å²) in [6.07, 6.45) is 2.56. The Labute approximate surface area is 156 Å². The van der Waals surface area contributed by atoms with Crippen molar-refractivity contribution in [3.63, 3.8) is 0 Å². The number of aromatic amines is 1. The van der Waals surface area contributed by atoms with Gasteiger partial charge in [-0.15, -0.1) is 0 Å². The fraction of sp³-hybridized carbons (Fsp3) is 0.143. The standard InChI is InChI=1S/C21H19N3OS/c1-15-19(12-16-8-4-2-5-9-16)24-21(22-15)26-14-18-13-25-20(23-18)17-10-6-3-7-11-17/h2-11,13H,12,14H2,1H3,(H,22,24). The number of thioether (sulfide) groups is 1. The van der Waals surface area contributed by atoms with Crippen molar-refractivity contribution < 1.29 is 4.42 Å². The van der Waals surface area contributed by atoms with Crippen LogP contribution in [0.1, 0.15) is 22.6 Å². The SMILES string of the molecule is Cc1[nH]c(SCc2coc(-c3ccccc3)n2)nc1Cc1ccccc1. The fourth-order valence-electron chi connectivity index (χ4n) is 2.73. The van der Waals surface area contributed by atoms with Gasteiger partial charge in [-0.25, -0.2) is 9.97 Å². The largest absolute Gasteiger partial charge is 0.444 e. The zero-order valence-electron chi connectivity index (χ0n) is 14.5. The molecule has 4 aromatic rings. The molecular weight excluding hydrogens is 342 g/mol. The van der Waals surface area contributed by atoms with Crippen molar-refractivity contribution >= 4 is 11.8 Å². The van der Waals surface area contributed by atoms with Gasteiger partial charge in [-0.1, -0.05) is 60.3 Å².